The number of carbonyl (C=O) groups is 1. The highest BCUT2D eigenvalue weighted by Crippen LogP contribution is 2.13. The number of hydrogen-bond donors (Lipinski definition) is 1. The van der Waals surface area contributed by atoms with E-state index >= 15 is 0 Å². The molecule has 0 bridgehead atoms. The number of hydrogen-bond acceptors (Lipinski definition) is 2. The first kappa shape index (κ1) is 11.3. The van der Waals surface area contributed by atoms with Gasteiger partial charge in [-0.3, -0.25) is 4.79 Å². The number of Topliss-reactive ketones (excluding diaryl/α,β-unsaturated/α-hetero) is 1. The van der Waals surface area contributed by atoms with Crippen LogP contribution in [-0.4, -0.2) is 18.4 Å². The predicted molar refractivity (Wildman–Crippen MR) is 65.7 cm³/mol. The molecular formula is C14H19NO. The molecule has 1 aromatic carbocycles. The number of rotatable bonds is 3. The van der Waals surface area contributed by atoms with Crippen LogP contribution < -0.4 is 5.32 Å². The average molecular weight is 217 g/mol. The van der Waals surface area contributed by atoms with Gasteiger partial charge in [0.25, 0.3) is 0 Å². The van der Waals surface area contributed by atoms with Crippen molar-refractivity contribution in [3.8, 4) is 0 Å². The fraction of sp³-hybridized carbons (Fsp3) is 0.500. The van der Waals surface area contributed by atoms with Gasteiger partial charge in [-0.1, -0.05) is 29.3 Å². The molecule has 1 saturated heterocycles. The second kappa shape index (κ2) is 4.79. The number of aryl methyl sites for hydroxylation is 2. The highest BCUT2D eigenvalue weighted by atomic mass is 16.1. The van der Waals surface area contributed by atoms with Gasteiger partial charge in [0.15, 0.2) is 5.78 Å². The lowest BCUT2D eigenvalue weighted by atomic mass is 9.99. The first-order valence-corrected chi connectivity index (χ1v) is 5.98. The maximum Gasteiger partial charge on any atom is 0.154 e. The Bertz CT molecular complexity index is 371. The van der Waals surface area contributed by atoms with Crippen LogP contribution in [0.4, 0.5) is 0 Å². The van der Waals surface area contributed by atoms with Crippen LogP contribution in [0, 0.1) is 13.8 Å². The molecule has 2 heteroatoms. The maximum atomic E-state index is 12.0. The minimum Gasteiger partial charge on any atom is -0.307 e. The molecule has 1 aliphatic heterocycles. The maximum absolute atomic E-state index is 12.0. The Kier molecular flexibility index (Phi) is 3.39. The van der Waals surface area contributed by atoms with Crippen molar-refractivity contribution in [1.82, 2.24) is 5.32 Å². The third-order valence-corrected chi connectivity index (χ3v) is 3.11. The molecule has 0 saturated carbocycles. The topological polar surface area (TPSA) is 29.1 Å². The Morgan fingerprint density at radius 2 is 2.00 bits per heavy atom. The molecular weight excluding hydrogens is 198 g/mol. The molecule has 0 aliphatic carbocycles. The van der Waals surface area contributed by atoms with Crippen molar-refractivity contribution in [2.45, 2.75) is 39.2 Å². The Hall–Kier alpha value is -1.15. The zero-order valence-electron chi connectivity index (χ0n) is 10.0. The Morgan fingerprint density at radius 1 is 1.31 bits per heavy atom. The summed E-state index contributed by atoms with van der Waals surface area (Å²) >= 11 is 0. The van der Waals surface area contributed by atoms with Gasteiger partial charge in [-0.2, -0.15) is 0 Å². The van der Waals surface area contributed by atoms with Crippen molar-refractivity contribution in [1.29, 1.82) is 0 Å². The molecule has 2 nitrogen and oxygen atoms in total. The standard InChI is InChI=1S/C14H19NO/c1-10-6-11(2)8-12(7-10)9-14(16)13-4-3-5-15-13/h6-8,13,15H,3-5,9H2,1-2H3/t13-/m0/s1. The SMILES string of the molecule is Cc1cc(C)cc(CC(=O)[C@@H]2CCCN2)c1. The van der Waals surface area contributed by atoms with Gasteiger partial charge in [0.2, 0.25) is 0 Å². The zero-order valence-corrected chi connectivity index (χ0v) is 10.0. The Morgan fingerprint density at radius 3 is 2.56 bits per heavy atom. The van der Waals surface area contributed by atoms with Gasteiger partial charge in [0, 0.05) is 6.42 Å². The van der Waals surface area contributed by atoms with Gasteiger partial charge in [-0.25, -0.2) is 0 Å². The summed E-state index contributed by atoms with van der Waals surface area (Å²) < 4.78 is 0. The largest absolute Gasteiger partial charge is 0.307 e. The van der Waals surface area contributed by atoms with E-state index in [1.165, 1.54) is 11.1 Å². The van der Waals surface area contributed by atoms with Crippen molar-refractivity contribution < 1.29 is 4.79 Å². The highest BCUT2D eigenvalue weighted by Gasteiger charge is 2.21. The van der Waals surface area contributed by atoms with E-state index in [-0.39, 0.29) is 6.04 Å². The van der Waals surface area contributed by atoms with Gasteiger partial charge in [-0.05, 0) is 38.8 Å². The molecule has 16 heavy (non-hydrogen) atoms. The van der Waals surface area contributed by atoms with Crippen LogP contribution in [0.5, 0.6) is 0 Å². The van der Waals surface area contributed by atoms with Gasteiger partial charge >= 0.3 is 0 Å². The van der Waals surface area contributed by atoms with E-state index in [0.717, 1.165) is 24.9 Å². The summed E-state index contributed by atoms with van der Waals surface area (Å²) in [5, 5.41) is 3.26. The summed E-state index contributed by atoms with van der Waals surface area (Å²) in [6.45, 7) is 5.15. The normalized spacial score (nSPS) is 20.0. The number of ketones is 1. The van der Waals surface area contributed by atoms with Crippen LogP contribution in [0.2, 0.25) is 0 Å². The smallest absolute Gasteiger partial charge is 0.154 e. The highest BCUT2D eigenvalue weighted by molar-refractivity contribution is 5.86. The molecule has 86 valence electrons. The summed E-state index contributed by atoms with van der Waals surface area (Å²) in [5.41, 5.74) is 3.63. The minimum absolute atomic E-state index is 0.0980. The number of carbonyl (C=O) groups excluding carboxylic acids is 1. The van der Waals surface area contributed by atoms with Crippen molar-refractivity contribution >= 4 is 5.78 Å². The van der Waals surface area contributed by atoms with E-state index < -0.39 is 0 Å². The molecule has 1 aliphatic rings. The van der Waals surface area contributed by atoms with Gasteiger partial charge < -0.3 is 5.32 Å². The average Bonchev–Trinajstić information content (AvgIpc) is 2.68. The molecule has 1 fully saturated rings. The number of nitrogens with one attached hydrogen (secondary N) is 1. The molecule has 0 spiro atoms. The predicted octanol–water partition coefficient (Wildman–Crippen LogP) is 2.17. The Labute approximate surface area is 97.1 Å². The lowest BCUT2D eigenvalue weighted by Crippen LogP contribution is -2.31. The zero-order chi connectivity index (χ0) is 11.5. The van der Waals surface area contributed by atoms with Crippen LogP contribution in [0.3, 0.4) is 0 Å². The van der Waals surface area contributed by atoms with E-state index in [0.29, 0.717) is 12.2 Å². The first-order chi connectivity index (χ1) is 7.65. The molecule has 1 atom stereocenters. The minimum atomic E-state index is 0.0980. The summed E-state index contributed by atoms with van der Waals surface area (Å²) in [6.07, 6.45) is 2.70. The fourth-order valence-corrected chi connectivity index (χ4v) is 2.45. The third kappa shape index (κ3) is 2.70. The van der Waals surface area contributed by atoms with Crippen molar-refractivity contribution in [3.63, 3.8) is 0 Å². The quantitative estimate of drug-likeness (QED) is 0.840. The summed E-state index contributed by atoms with van der Waals surface area (Å²) in [7, 11) is 0. The van der Waals surface area contributed by atoms with Crippen LogP contribution in [0.25, 0.3) is 0 Å². The van der Waals surface area contributed by atoms with Crippen molar-refractivity contribution in [2.75, 3.05) is 6.54 Å². The summed E-state index contributed by atoms with van der Waals surface area (Å²) in [5.74, 6) is 0.336. The van der Waals surface area contributed by atoms with Gasteiger partial charge in [0.1, 0.15) is 0 Å². The fourth-order valence-electron chi connectivity index (χ4n) is 2.45. The second-order valence-electron chi connectivity index (χ2n) is 4.79. The summed E-state index contributed by atoms with van der Waals surface area (Å²) in [6, 6.07) is 6.46. The van der Waals surface area contributed by atoms with Crippen LogP contribution in [0.15, 0.2) is 18.2 Å². The molecule has 0 radical (unpaired) electrons. The Balaban J connectivity index is 2.05. The van der Waals surface area contributed by atoms with Gasteiger partial charge in [-0.15, -0.1) is 0 Å². The monoisotopic (exact) mass is 217 g/mol. The van der Waals surface area contributed by atoms with Gasteiger partial charge in [0.05, 0.1) is 6.04 Å². The molecule has 1 N–H and O–H groups in total. The van der Waals surface area contributed by atoms with Crippen LogP contribution >= 0.6 is 0 Å². The number of benzene rings is 1. The molecule has 1 aromatic rings. The second-order valence-corrected chi connectivity index (χ2v) is 4.79. The van der Waals surface area contributed by atoms with E-state index in [4.69, 9.17) is 0 Å². The van der Waals surface area contributed by atoms with E-state index in [9.17, 15) is 4.79 Å². The van der Waals surface area contributed by atoms with Crippen LogP contribution in [-0.2, 0) is 11.2 Å². The molecule has 1 heterocycles. The van der Waals surface area contributed by atoms with Crippen LogP contribution in [0.1, 0.15) is 29.5 Å². The molecule has 0 amide bonds. The van der Waals surface area contributed by atoms with E-state index in [1.54, 1.807) is 0 Å². The van der Waals surface area contributed by atoms with E-state index in [2.05, 4.69) is 37.4 Å². The van der Waals surface area contributed by atoms with E-state index in [1.807, 2.05) is 0 Å². The lowest BCUT2D eigenvalue weighted by molar-refractivity contribution is -0.120. The lowest BCUT2D eigenvalue weighted by Gasteiger charge is -2.09. The summed E-state index contributed by atoms with van der Waals surface area (Å²) in [4.78, 5) is 12.0. The van der Waals surface area contributed by atoms with Crippen molar-refractivity contribution in [2.24, 2.45) is 0 Å². The first-order valence-electron chi connectivity index (χ1n) is 5.98. The molecule has 2 rings (SSSR count). The molecule has 0 aromatic heterocycles. The molecule has 0 unspecified atom stereocenters. The third-order valence-electron chi connectivity index (χ3n) is 3.11. The van der Waals surface area contributed by atoms with Crippen molar-refractivity contribution in [3.05, 3.63) is 34.9 Å².